The van der Waals surface area contributed by atoms with Crippen molar-refractivity contribution >= 4 is 0 Å². The van der Waals surface area contributed by atoms with Crippen molar-refractivity contribution < 1.29 is 0 Å². The van der Waals surface area contributed by atoms with Crippen LogP contribution in [-0.2, 0) is 0 Å². The molecule has 0 spiro atoms. The molecule has 1 nitrogen and oxygen atoms in total. The monoisotopic (exact) mass is 126 g/mol. The van der Waals surface area contributed by atoms with E-state index < -0.39 is 0 Å². The van der Waals surface area contributed by atoms with Gasteiger partial charge in [-0.2, -0.15) is 0 Å². The Morgan fingerprint density at radius 3 is 2.89 bits per heavy atom. The summed E-state index contributed by atoms with van der Waals surface area (Å²) in [5.41, 5.74) is 0. The van der Waals surface area contributed by atoms with Gasteiger partial charge in [0.05, 0.1) is 0 Å². The van der Waals surface area contributed by atoms with E-state index in [0.29, 0.717) is 0 Å². The molecule has 0 aromatic carbocycles. The normalized spacial score (nSPS) is 22.3. The van der Waals surface area contributed by atoms with Gasteiger partial charge >= 0.3 is 0 Å². The predicted molar refractivity (Wildman–Crippen MR) is 40.0 cm³/mol. The molecule has 1 fully saturated rings. The van der Waals surface area contributed by atoms with Crippen molar-refractivity contribution in [1.29, 1.82) is 0 Å². The summed E-state index contributed by atoms with van der Waals surface area (Å²) in [6.07, 6.45) is 5.40. The highest BCUT2D eigenvalue weighted by Gasteiger charge is 2.07. The van der Waals surface area contributed by atoms with Gasteiger partial charge in [0, 0.05) is 6.54 Å². The van der Waals surface area contributed by atoms with Crippen LogP contribution in [0.15, 0.2) is 0 Å². The standard InChI is InChI=1S/C8H16N/c1-2-6-9-7-4-3-5-8-9/h7H,2-6,8H2,1H3. The molecule has 0 atom stereocenters. The van der Waals surface area contributed by atoms with Crippen LogP contribution in [0.4, 0.5) is 0 Å². The first-order chi connectivity index (χ1) is 4.43. The summed E-state index contributed by atoms with van der Waals surface area (Å²) in [5.74, 6) is 0. The molecule has 0 aromatic heterocycles. The van der Waals surface area contributed by atoms with E-state index in [9.17, 15) is 0 Å². The topological polar surface area (TPSA) is 3.24 Å². The van der Waals surface area contributed by atoms with Gasteiger partial charge in [-0.05, 0) is 32.4 Å². The summed E-state index contributed by atoms with van der Waals surface area (Å²) in [6, 6.07) is 0. The molecular formula is C8H16N. The van der Waals surface area contributed by atoms with Gasteiger partial charge in [0.1, 0.15) is 0 Å². The zero-order valence-corrected chi connectivity index (χ0v) is 6.27. The summed E-state index contributed by atoms with van der Waals surface area (Å²) in [6.45, 7) is 7.16. The van der Waals surface area contributed by atoms with Crippen LogP contribution in [0.5, 0.6) is 0 Å². The Kier molecular flexibility index (Phi) is 3.05. The molecular weight excluding hydrogens is 110 g/mol. The Labute approximate surface area is 58.0 Å². The Balaban J connectivity index is 2.08. The summed E-state index contributed by atoms with van der Waals surface area (Å²) in [4.78, 5) is 2.45. The highest BCUT2D eigenvalue weighted by Crippen LogP contribution is 2.11. The van der Waals surface area contributed by atoms with Gasteiger partial charge < -0.3 is 0 Å². The average molecular weight is 126 g/mol. The molecule has 1 heterocycles. The number of piperidine rings is 1. The first-order valence-corrected chi connectivity index (χ1v) is 4.01. The van der Waals surface area contributed by atoms with Gasteiger partial charge in [-0.15, -0.1) is 0 Å². The van der Waals surface area contributed by atoms with Crippen molar-refractivity contribution in [3.8, 4) is 0 Å². The third-order valence-electron chi connectivity index (χ3n) is 1.80. The summed E-state index contributed by atoms with van der Waals surface area (Å²) in [5, 5.41) is 0. The van der Waals surface area contributed by atoms with E-state index in [4.69, 9.17) is 0 Å². The second kappa shape index (κ2) is 3.89. The number of hydrogen-bond acceptors (Lipinski definition) is 1. The van der Waals surface area contributed by atoms with Crippen molar-refractivity contribution in [2.45, 2.75) is 32.6 Å². The molecule has 1 radical (unpaired) electrons. The fraction of sp³-hybridized carbons (Fsp3) is 0.875. The van der Waals surface area contributed by atoms with E-state index in [2.05, 4.69) is 18.4 Å². The minimum Gasteiger partial charge on any atom is -0.299 e. The van der Waals surface area contributed by atoms with Crippen molar-refractivity contribution in [3.05, 3.63) is 6.54 Å². The van der Waals surface area contributed by atoms with Crippen molar-refractivity contribution in [1.82, 2.24) is 4.90 Å². The molecule has 0 aliphatic carbocycles. The lowest BCUT2D eigenvalue weighted by Gasteiger charge is -2.24. The molecule has 0 bridgehead atoms. The number of likely N-dealkylation sites (tertiary alicyclic amines) is 1. The van der Waals surface area contributed by atoms with Crippen molar-refractivity contribution in [3.63, 3.8) is 0 Å². The predicted octanol–water partition coefficient (Wildman–Crippen LogP) is 2.04. The fourth-order valence-corrected chi connectivity index (χ4v) is 1.31. The van der Waals surface area contributed by atoms with E-state index >= 15 is 0 Å². The number of nitrogens with zero attached hydrogens (tertiary/aromatic N) is 1. The van der Waals surface area contributed by atoms with Gasteiger partial charge in [-0.1, -0.05) is 13.3 Å². The highest BCUT2D eigenvalue weighted by atomic mass is 15.1. The number of rotatable bonds is 2. The molecule has 0 N–H and O–H groups in total. The van der Waals surface area contributed by atoms with E-state index in [0.717, 1.165) is 0 Å². The summed E-state index contributed by atoms with van der Waals surface area (Å²) < 4.78 is 0. The molecule has 1 aliphatic heterocycles. The van der Waals surface area contributed by atoms with Crippen molar-refractivity contribution in [2.75, 3.05) is 13.1 Å². The van der Waals surface area contributed by atoms with Gasteiger partial charge in [0.15, 0.2) is 0 Å². The SMILES string of the molecule is CCCN1[CH]CCCC1. The van der Waals surface area contributed by atoms with E-state index in [1.54, 1.807) is 0 Å². The minimum atomic E-state index is 1.26. The molecule has 1 rings (SSSR count). The van der Waals surface area contributed by atoms with Gasteiger partial charge in [0.2, 0.25) is 0 Å². The fourth-order valence-electron chi connectivity index (χ4n) is 1.31. The summed E-state index contributed by atoms with van der Waals surface area (Å²) >= 11 is 0. The number of hydrogen-bond donors (Lipinski definition) is 0. The van der Waals surface area contributed by atoms with Crippen LogP contribution < -0.4 is 0 Å². The zero-order chi connectivity index (χ0) is 6.53. The Morgan fingerprint density at radius 1 is 1.44 bits per heavy atom. The zero-order valence-electron chi connectivity index (χ0n) is 6.27. The quantitative estimate of drug-likeness (QED) is 0.547. The third-order valence-corrected chi connectivity index (χ3v) is 1.80. The maximum Gasteiger partial charge on any atom is 0.0251 e. The molecule has 0 amide bonds. The molecule has 9 heavy (non-hydrogen) atoms. The minimum absolute atomic E-state index is 1.26. The van der Waals surface area contributed by atoms with E-state index in [1.165, 1.54) is 38.8 Å². The Morgan fingerprint density at radius 2 is 2.33 bits per heavy atom. The van der Waals surface area contributed by atoms with Crippen LogP contribution >= 0.6 is 0 Å². The van der Waals surface area contributed by atoms with Gasteiger partial charge in [-0.3, -0.25) is 4.90 Å². The highest BCUT2D eigenvalue weighted by molar-refractivity contribution is 4.73. The second-order valence-corrected chi connectivity index (χ2v) is 2.71. The first kappa shape index (κ1) is 7.07. The molecule has 1 saturated heterocycles. The molecule has 0 saturated carbocycles. The molecule has 53 valence electrons. The summed E-state index contributed by atoms with van der Waals surface area (Å²) in [7, 11) is 0. The lowest BCUT2D eigenvalue weighted by Crippen LogP contribution is -2.26. The maximum atomic E-state index is 2.45. The van der Waals surface area contributed by atoms with E-state index in [-0.39, 0.29) is 0 Å². The third kappa shape index (κ3) is 2.35. The molecule has 0 aromatic rings. The Hall–Kier alpha value is -0.0400. The first-order valence-electron chi connectivity index (χ1n) is 4.01. The van der Waals surface area contributed by atoms with Crippen LogP contribution in [0, 0.1) is 6.54 Å². The van der Waals surface area contributed by atoms with Crippen LogP contribution in [-0.4, -0.2) is 18.0 Å². The largest absolute Gasteiger partial charge is 0.299 e. The Bertz CT molecular complexity index is 62.2. The second-order valence-electron chi connectivity index (χ2n) is 2.71. The van der Waals surface area contributed by atoms with Gasteiger partial charge in [0.25, 0.3) is 0 Å². The van der Waals surface area contributed by atoms with Crippen LogP contribution in [0.3, 0.4) is 0 Å². The maximum absolute atomic E-state index is 2.45. The van der Waals surface area contributed by atoms with E-state index in [1.807, 2.05) is 0 Å². The lowest BCUT2D eigenvalue weighted by molar-refractivity contribution is 0.282. The lowest BCUT2D eigenvalue weighted by atomic mass is 10.1. The molecule has 0 unspecified atom stereocenters. The van der Waals surface area contributed by atoms with Gasteiger partial charge in [-0.25, -0.2) is 0 Å². The molecule has 1 heteroatoms. The molecule has 1 aliphatic rings. The van der Waals surface area contributed by atoms with Crippen LogP contribution in [0.2, 0.25) is 0 Å². The average Bonchev–Trinajstić information content (AvgIpc) is 1.91. The smallest absolute Gasteiger partial charge is 0.0251 e. The van der Waals surface area contributed by atoms with Crippen LogP contribution in [0.25, 0.3) is 0 Å². The van der Waals surface area contributed by atoms with Crippen molar-refractivity contribution in [2.24, 2.45) is 0 Å². The van der Waals surface area contributed by atoms with Crippen LogP contribution in [0.1, 0.15) is 32.6 Å².